The van der Waals surface area contributed by atoms with Gasteiger partial charge >= 0.3 is 0 Å². The predicted octanol–water partition coefficient (Wildman–Crippen LogP) is 0.817. The van der Waals surface area contributed by atoms with Crippen LogP contribution < -0.4 is 5.73 Å². The quantitative estimate of drug-likeness (QED) is 0.784. The van der Waals surface area contributed by atoms with E-state index in [-0.39, 0.29) is 18.4 Å². The Labute approximate surface area is 106 Å². The summed E-state index contributed by atoms with van der Waals surface area (Å²) >= 11 is 0. The Morgan fingerprint density at radius 1 is 1.61 bits per heavy atom. The number of aromatic nitrogens is 3. The number of hydrogen-bond donors (Lipinski definition) is 1. The maximum Gasteiger partial charge on any atom is 0.244 e. The molecule has 1 saturated carbocycles. The number of amides is 1. The van der Waals surface area contributed by atoms with Crippen molar-refractivity contribution in [2.75, 3.05) is 12.3 Å². The van der Waals surface area contributed by atoms with Crippen LogP contribution in [0.1, 0.15) is 25.7 Å². The predicted molar refractivity (Wildman–Crippen MR) is 68.6 cm³/mol. The zero-order valence-electron chi connectivity index (χ0n) is 10.5. The summed E-state index contributed by atoms with van der Waals surface area (Å²) in [6, 6.07) is 0.344. The molecule has 1 aromatic rings. The van der Waals surface area contributed by atoms with Gasteiger partial charge in [0.1, 0.15) is 12.9 Å². The smallest absolute Gasteiger partial charge is 0.244 e. The van der Waals surface area contributed by atoms with Gasteiger partial charge in [0.25, 0.3) is 0 Å². The SMILES string of the molecule is C=CCN(C(=O)Cn1cnc(N)n1)C1CCCC1. The molecule has 0 atom stereocenters. The van der Waals surface area contributed by atoms with Crippen LogP contribution in [0.3, 0.4) is 0 Å². The van der Waals surface area contributed by atoms with Crippen molar-refractivity contribution in [3.8, 4) is 0 Å². The summed E-state index contributed by atoms with van der Waals surface area (Å²) in [5, 5.41) is 3.93. The standard InChI is InChI=1S/C12H19N5O/c1-2-7-17(10-5-3-4-6-10)11(18)8-16-9-14-12(13)15-16/h2,9-10H,1,3-8H2,(H2,13,15). The number of rotatable bonds is 5. The van der Waals surface area contributed by atoms with Crippen molar-refractivity contribution in [1.82, 2.24) is 19.7 Å². The Morgan fingerprint density at radius 3 is 2.89 bits per heavy atom. The van der Waals surface area contributed by atoms with Crippen molar-refractivity contribution >= 4 is 11.9 Å². The van der Waals surface area contributed by atoms with E-state index in [9.17, 15) is 4.79 Å². The number of hydrogen-bond acceptors (Lipinski definition) is 4. The van der Waals surface area contributed by atoms with E-state index in [1.54, 1.807) is 6.08 Å². The normalized spacial score (nSPS) is 15.8. The Hall–Kier alpha value is -1.85. The molecule has 0 unspecified atom stereocenters. The summed E-state index contributed by atoms with van der Waals surface area (Å²) in [5.74, 6) is 0.241. The van der Waals surface area contributed by atoms with Crippen molar-refractivity contribution in [1.29, 1.82) is 0 Å². The van der Waals surface area contributed by atoms with Gasteiger partial charge in [-0.3, -0.25) is 4.79 Å². The third-order valence-electron chi connectivity index (χ3n) is 3.26. The number of carbonyl (C=O) groups is 1. The second-order valence-corrected chi connectivity index (χ2v) is 4.57. The number of anilines is 1. The molecule has 18 heavy (non-hydrogen) atoms. The molecule has 0 aliphatic heterocycles. The maximum absolute atomic E-state index is 12.2. The Balaban J connectivity index is 2.00. The van der Waals surface area contributed by atoms with E-state index in [0.29, 0.717) is 12.6 Å². The van der Waals surface area contributed by atoms with Crippen LogP contribution in [-0.4, -0.2) is 38.2 Å². The molecule has 1 amide bonds. The van der Waals surface area contributed by atoms with Gasteiger partial charge in [-0.25, -0.2) is 9.67 Å². The highest BCUT2D eigenvalue weighted by Gasteiger charge is 2.25. The third kappa shape index (κ3) is 2.88. The van der Waals surface area contributed by atoms with Gasteiger partial charge in [0, 0.05) is 12.6 Å². The van der Waals surface area contributed by atoms with E-state index < -0.39 is 0 Å². The number of carbonyl (C=O) groups excluding carboxylic acids is 1. The molecule has 0 saturated heterocycles. The fraction of sp³-hybridized carbons (Fsp3) is 0.583. The first-order valence-corrected chi connectivity index (χ1v) is 6.26. The molecule has 1 heterocycles. The highest BCUT2D eigenvalue weighted by Crippen LogP contribution is 2.23. The summed E-state index contributed by atoms with van der Waals surface area (Å²) < 4.78 is 1.47. The van der Waals surface area contributed by atoms with Crippen LogP contribution in [0.4, 0.5) is 5.95 Å². The maximum atomic E-state index is 12.2. The van der Waals surface area contributed by atoms with Gasteiger partial charge in [-0.2, -0.15) is 0 Å². The molecule has 2 rings (SSSR count). The summed E-state index contributed by atoms with van der Waals surface area (Å²) in [4.78, 5) is 17.9. The topological polar surface area (TPSA) is 77.0 Å². The van der Waals surface area contributed by atoms with E-state index in [1.807, 2.05) is 4.90 Å². The molecule has 1 aliphatic rings. The highest BCUT2D eigenvalue weighted by molar-refractivity contribution is 5.76. The van der Waals surface area contributed by atoms with Crippen LogP contribution in [0.25, 0.3) is 0 Å². The van der Waals surface area contributed by atoms with Crippen molar-refractivity contribution in [3.05, 3.63) is 19.0 Å². The monoisotopic (exact) mass is 249 g/mol. The molecule has 0 radical (unpaired) electrons. The second kappa shape index (κ2) is 5.66. The lowest BCUT2D eigenvalue weighted by atomic mass is 10.2. The van der Waals surface area contributed by atoms with Gasteiger partial charge in [0.2, 0.25) is 11.9 Å². The lowest BCUT2D eigenvalue weighted by molar-refractivity contribution is -0.133. The number of nitrogens with zero attached hydrogens (tertiary/aromatic N) is 4. The minimum atomic E-state index is 0.0479. The molecule has 1 fully saturated rings. The Kier molecular flexibility index (Phi) is 3.96. The van der Waals surface area contributed by atoms with Crippen LogP contribution in [0.15, 0.2) is 19.0 Å². The lowest BCUT2D eigenvalue weighted by Crippen LogP contribution is -2.40. The summed E-state index contributed by atoms with van der Waals surface area (Å²) in [5.41, 5.74) is 5.43. The fourth-order valence-corrected chi connectivity index (χ4v) is 2.42. The fourth-order valence-electron chi connectivity index (χ4n) is 2.42. The van der Waals surface area contributed by atoms with E-state index >= 15 is 0 Å². The van der Waals surface area contributed by atoms with Crippen LogP contribution in [-0.2, 0) is 11.3 Å². The number of nitrogens with two attached hydrogens (primary N) is 1. The van der Waals surface area contributed by atoms with Crippen molar-refractivity contribution in [3.63, 3.8) is 0 Å². The van der Waals surface area contributed by atoms with Crippen molar-refractivity contribution < 1.29 is 4.79 Å². The zero-order valence-corrected chi connectivity index (χ0v) is 10.5. The minimum absolute atomic E-state index is 0.0479. The molecule has 6 nitrogen and oxygen atoms in total. The Bertz CT molecular complexity index is 422. The first-order valence-electron chi connectivity index (χ1n) is 6.26. The lowest BCUT2D eigenvalue weighted by Gasteiger charge is -2.27. The van der Waals surface area contributed by atoms with Gasteiger partial charge in [-0.1, -0.05) is 18.9 Å². The summed E-state index contributed by atoms with van der Waals surface area (Å²) in [6.07, 6.45) is 7.81. The second-order valence-electron chi connectivity index (χ2n) is 4.57. The van der Waals surface area contributed by atoms with E-state index in [0.717, 1.165) is 12.8 Å². The third-order valence-corrected chi connectivity index (χ3v) is 3.26. The molecule has 0 spiro atoms. The zero-order chi connectivity index (χ0) is 13.0. The van der Waals surface area contributed by atoms with Gasteiger partial charge in [0.15, 0.2) is 0 Å². The summed E-state index contributed by atoms with van der Waals surface area (Å²) in [7, 11) is 0. The van der Waals surface area contributed by atoms with Gasteiger partial charge in [-0.15, -0.1) is 11.7 Å². The van der Waals surface area contributed by atoms with E-state index in [1.165, 1.54) is 23.9 Å². The van der Waals surface area contributed by atoms with Gasteiger partial charge < -0.3 is 10.6 Å². The van der Waals surface area contributed by atoms with E-state index in [4.69, 9.17) is 5.73 Å². The first kappa shape index (κ1) is 12.6. The van der Waals surface area contributed by atoms with Crippen molar-refractivity contribution in [2.45, 2.75) is 38.3 Å². The van der Waals surface area contributed by atoms with Gasteiger partial charge in [-0.05, 0) is 12.8 Å². The molecule has 98 valence electrons. The first-order chi connectivity index (χ1) is 8.70. The largest absolute Gasteiger partial charge is 0.367 e. The van der Waals surface area contributed by atoms with Crippen LogP contribution >= 0.6 is 0 Å². The minimum Gasteiger partial charge on any atom is -0.367 e. The average Bonchev–Trinajstić information content (AvgIpc) is 2.97. The summed E-state index contributed by atoms with van der Waals surface area (Å²) in [6.45, 7) is 4.50. The molecule has 1 aliphatic carbocycles. The Morgan fingerprint density at radius 2 is 2.33 bits per heavy atom. The highest BCUT2D eigenvalue weighted by atomic mass is 16.2. The van der Waals surface area contributed by atoms with Crippen LogP contribution in [0.2, 0.25) is 0 Å². The van der Waals surface area contributed by atoms with Crippen LogP contribution in [0, 0.1) is 0 Å². The van der Waals surface area contributed by atoms with E-state index in [2.05, 4.69) is 16.7 Å². The molecule has 6 heteroatoms. The molecule has 0 bridgehead atoms. The van der Waals surface area contributed by atoms with Crippen molar-refractivity contribution in [2.24, 2.45) is 0 Å². The average molecular weight is 249 g/mol. The molecule has 1 aromatic heterocycles. The van der Waals surface area contributed by atoms with Gasteiger partial charge in [0.05, 0.1) is 0 Å². The van der Waals surface area contributed by atoms with Crippen LogP contribution in [0.5, 0.6) is 0 Å². The molecular formula is C12H19N5O. The molecule has 0 aromatic carbocycles. The molecular weight excluding hydrogens is 230 g/mol. The number of nitrogen functional groups attached to an aromatic ring is 1. The molecule has 2 N–H and O–H groups in total.